The van der Waals surface area contributed by atoms with E-state index >= 15 is 0 Å². The van der Waals surface area contributed by atoms with Crippen LogP contribution in [0.15, 0.2) is 30.5 Å². The molecule has 9 heteroatoms. The number of ether oxygens (including phenoxy) is 3. The van der Waals surface area contributed by atoms with Crippen molar-refractivity contribution in [1.29, 1.82) is 5.26 Å². The Balaban J connectivity index is 1.56. The monoisotopic (exact) mass is 442 g/mol. The number of likely N-dealkylation sites (tertiary alicyclic amines) is 1. The van der Waals surface area contributed by atoms with Gasteiger partial charge in [-0.05, 0) is 45.9 Å². The number of rotatable bonds is 5. The number of hydrogen-bond acceptors (Lipinski definition) is 7. The highest BCUT2D eigenvalue weighted by Crippen LogP contribution is 2.24. The molecule has 0 spiro atoms. The predicted octanol–water partition coefficient (Wildman–Crippen LogP) is 4.23. The van der Waals surface area contributed by atoms with Gasteiger partial charge in [-0.2, -0.15) is 10.2 Å². The second-order valence-electron chi connectivity index (χ2n) is 8.64. The Labute approximate surface area is 186 Å². The molecule has 32 heavy (non-hydrogen) atoms. The zero-order valence-corrected chi connectivity index (χ0v) is 18.7. The van der Waals surface area contributed by atoms with Gasteiger partial charge in [0, 0.05) is 37.7 Å². The number of benzene rings is 1. The van der Waals surface area contributed by atoms with Crippen LogP contribution in [-0.4, -0.2) is 45.3 Å². The van der Waals surface area contributed by atoms with Crippen LogP contribution in [0.25, 0.3) is 0 Å². The van der Waals surface area contributed by atoms with Crippen molar-refractivity contribution < 1.29 is 23.4 Å². The second kappa shape index (κ2) is 9.81. The van der Waals surface area contributed by atoms with Crippen molar-refractivity contribution >= 4 is 6.09 Å². The minimum Gasteiger partial charge on any atom is -0.484 e. The van der Waals surface area contributed by atoms with Gasteiger partial charge in [-0.25, -0.2) is 14.2 Å². The van der Waals surface area contributed by atoms with Crippen LogP contribution >= 0.6 is 0 Å². The third kappa shape index (κ3) is 6.30. The highest BCUT2D eigenvalue weighted by atomic mass is 19.1. The molecule has 0 bridgehead atoms. The van der Waals surface area contributed by atoms with E-state index in [1.165, 1.54) is 12.1 Å². The molecule has 2 atom stereocenters. The second-order valence-corrected chi connectivity index (χ2v) is 8.64. The smallest absolute Gasteiger partial charge is 0.410 e. The fraction of sp³-hybridized carbons (Fsp3) is 0.478. The fourth-order valence-corrected chi connectivity index (χ4v) is 3.37. The highest BCUT2D eigenvalue weighted by molar-refractivity contribution is 5.68. The molecular formula is C23H27FN4O4. The summed E-state index contributed by atoms with van der Waals surface area (Å²) in [6, 6.07) is 7.26. The molecular weight excluding hydrogens is 415 g/mol. The van der Waals surface area contributed by atoms with Crippen LogP contribution in [0.4, 0.5) is 9.18 Å². The average molecular weight is 442 g/mol. The van der Waals surface area contributed by atoms with E-state index in [-0.39, 0.29) is 36.2 Å². The maximum absolute atomic E-state index is 13.3. The first-order valence-electron chi connectivity index (χ1n) is 10.5. The summed E-state index contributed by atoms with van der Waals surface area (Å²) in [4.78, 5) is 22.6. The molecule has 1 saturated heterocycles. The minimum atomic E-state index is -0.536. The Morgan fingerprint density at radius 1 is 1.34 bits per heavy atom. The van der Waals surface area contributed by atoms with Crippen LogP contribution in [0.2, 0.25) is 0 Å². The van der Waals surface area contributed by atoms with Gasteiger partial charge in [-0.1, -0.05) is 0 Å². The average Bonchev–Trinajstić information content (AvgIpc) is 2.71. The molecule has 1 aromatic heterocycles. The first-order valence-corrected chi connectivity index (χ1v) is 10.5. The molecule has 0 radical (unpaired) electrons. The van der Waals surface area contributed by atoms with Crippen molar-refractivity contribution in [3.63, 3.8) is 0 Å². The molecule has 0 unspecified atom stereocenters. The third-order valence-electron chi connectivity index (χ3n) is 4.84. The first kappa shape index (κ1) is 23.3. The van der Waals surface area contributed by atoms with Gasteiger partial charge in [0.05, 0.1) is 5.56 Å². The Morgan fingerprint density at radius 3 is 2.81 bits per heavy atom. The van der Waals surface area contributed by atoms with Crippen LogP contribution in [0, 0.1) is 17.1 Å². The Hall–Kier alpha value is -3.41. The molecule has 1 aromatic carbocycles. The van der Waals surface area contributed by atoms with Crippen LogP contribution in [0.1, 0.15) is 51.9 Å². The summed E-state index contributed by atoms with van der Waals surface area (Å²) in [6.07, 6.45) is 2.45. The Bertz CT molecular complexity index is 1000. The summed E-state index contributed by atoms with van der Waals surface area (Å²) in [7, 11) is 0. The molecule has 0 N–H and O–H groups in total. The van der Waals surface area contributed by atoms with E-state index in [2.05, 4.69) is 9.97 Å². The Kier molecular flexibility index (Phi) is 7.13. The number of halogens is 1. The van der Waals surface area contributed by atoms with Gasteiger partial charge < -0.3 is 19.1 Å². The van der Waals surface area contributed by atoms with Crippen LogP contribution < -0.4 is 9.47 Å². The van der Waals surface area contributed by atoms with Crippen LogP contribution in [0.5, 0.6) is 11.6 Å². The maximum atomic E-state index is 13.3. The van der Waals surface area contributed by atoms with E-state index in [0.717, 1.165) is 6.07 Å². The van der Waals surface area contributed by atoms with Gasteiger partial charge in [-0.3, -0.25) is 0 Å². The fourth-order valence-electron chi connectivity index (χ4n) is 3.37. The summed E-state index contributed by atoms with van der Waals surface area (Å²) >= 11 is 0. The van der Waals surface area contributed by atoms with Gasteiger partial charge in [0.25, 0.3) is 0 Å². The van der Waals surface area contributed by atoms with Gasteiger partial charge in [0.15, 0.2) is 5.82 Å². The van der Waals surface area contributed by atoms with Crippen LogP contribution in [0.3, 0.4) is 0 Å². The number of carbonyl (C=O) groups is 1. The number of aromatic nitrogens is 2. The molecule has 2 aromatic rings. The zero-order chi connectivity index (χ0) is 23.3. The lowest BCUT2D eigenvalue weighted by molar-refractivity contribution is -0.00156. The molecule has 8 nitrogen and oxygen atoms in total. The quantitative estimate of drug-likeness (QED) is 0.683. The van der Waals surface area contributed by atoms with Crippen LogP contribution in [-0.2, 0) is 11.3 Å². The minimum absolute atomic E-state index is 0.00496. The molecule has 2 heterocycles. The summed E-state index contributed by atoms with van der Waals surface area (Å²) in [5.74, 6) is 0.524. The van der Waals surface area contributed by atoms with Crippen molar-refractivity contribution in [2.75, 3.05) is 6.54 Å². The summed E-state index contributed by atoms with van der Waals surface area (Å²) in [6.45, 7) is 8.04. The van der Waals surface area contributed by atoms with E-state index in [4.69, 9.17) is 19.5 Å². The standard InChI is InChI=1S/C23H27FN4O4/c1-15-11-18(8-10-28(15)22(29)32-23(2,3)4)31-21-7-9-26-20(27-21)14-30-19-6-5-17(24)12-16(19)13-25/h5-7,9,12,15,18H,8,10-11,14H2,1-4H3/t15-,18-/m0/s1. The zero-order valence-electron chi connectivity index (χ0n) is 18.7. The van der Waals surface area contributed by atoms with Crippen molar-refractivity contribution in [2.45, 2.75) is 64.9 Å². The van der Waals surface area contributed by atoms with Crippen molar-refractivity contribution in [1.82, 2.24) is 14.9 Å². The van der Waals surface area contributed by atoms with Gasteiger partial charge >= 0.3 is 6.09 Å². The SMILES string of the molecule is C[C@H]1C[C@@H](Oc2ccnc(COc3ccc(F)cc3C#N)n2)CCN1C(=O)OC(C)(C)C. The molecule has 1 aliphatic heterocycles. The summed E-state index contributed by atoms with van der Waals surface area (Å²) in [5.41, 5.74) is -0.436. The van der Waals surface area contributed by atoms with E-state index in [0.29, 0.717) is 31.1 Å². The van der Waals surface area contributed by atoms with E-state index in [1.54, 1.807) is 17.2 Å². The van der Waals surface area contributed by atoms with Gasteiger partial charge in [-0.15, -0.1) is 0 Å². The number of nitrogens with zero attached hydrogens (tertiary/aromatic N) is 4. The largest absolute Gasteiger partial charge is 0.484 e. The molecule has 170 valence electrons. The maximum Gasteiger partial charge on any atom is 0.410 e. The molecule has 0 saturated carbocycles. The summed E-state index contributed by atoms with van der Waals surface area (Å²) in [5, 5.41) is 9.12. The van der Waals surface area contributed by atoms with Crippen molar-refractivity contribution in [2.24, 2.45) is 0 Å². The van der Waals surface area contributed by atoms with E-state index in [1.807, 2.05) is 33.8 Å². The third-order valence-corrected chi connectivity index (χ3v) is 4.84. The molecule has 1 aliphatic rings. The first-order chi connectivity index (χ1) is 15.1. The number of nitriles is 1. The number of carbonyl (C=O) groups excluding carboxylic acids is 1. The van der Waals surface area contributed by atoms with Gasteiger partial charge in [0.2, 0.25) is 5.88 Å². The molecule has 3 rings (SSSR count). The van der Waals surface area contributed by atoms with Gasteiger partial charge in [0.1, 0.15) is 35.9 Å². The summed E-state index contributed by atoms with van der Waals surface area (Å²) < 4.78 is 30.3. The van der Waals surface area contributed by atoms with E-state index in [9.17, 15) is 9.18 Å². The highest BCUT2D eigenvalue weighted by Gasteiger charge is 2.32. The lowest BCUT2D eigenvalue weighted by Gasteiger charge is -2.38. The number of hydrogen-bond donors (Lipinski definition) is 0. The molecule has 1 amide bonds. The van der Waals surface area contributed by atoms with Crippen molar-refractivity contribution in [3.05, 3.63) is 47.7 Å². The predicted molar refractivity (Wildman–Crippen MR) is 114 cm³/mol. The molecule has 0 aliphatic carbocycles. The van der Waals surface area contributed by atoms with E-state index < -0.39 is 11.4 Å². The number of amides is 1. The topological polar surface area (TPSA) is 97.6 Å². The van der Waals surface area contributed by atoms with Crippen molar-refractivity contribution in [3.8, 4) is 17.7 Å². The molecule has 1 fully saturated rings. The normalized spacial score (nSPS) is 18.6. The Morgan fingerprint density at radius 2 is 2.12 bits per heavy atom. The lowest BCUT2D eigenvalue weighted by Crippen LogP contribution is -2.49. The lowest BCUT2D eigenvalue weighted by atomic mass is 10.0. The number of piperidine rings is 1.